The van der Waals surface area contributed by atoms with Crippen molar-refractivity contribution in [3.8, 4) is 5.88 Å². The zero-order chi connectivity index (χ0) is 19.7. The van der Waals surface area contributed by atoms with E-state index in [2.05, 4.69) is 9.97 Å². The summed E-state index contributed by atoms with van der Waals surface area (Å²) in [6.45, 7) is 5.67. The molecule has 2 aliphatic heterocycles. The highest BCUT2D eigenvalue weighted by Crippen LogP contribution is 2.29. The lowest BCUT2D eigenvalue weighted by Gasteiger charge is -2.21. The standard InChI is InChI=1S/C21H24N4O3/c1-14-3-4-17(9-15(14)2)25-12-16(10-20(25)26)21(27)24-8-5-18(13-24)28-19-11-22-6-7-23-19/h3-4,6-7,9,11,16,18H,5,8,10,12-13H2,1-2H3. The van der Waals surface area contributed by atoms with Gasteiger partial charge >= 0.3 is 0 Å². The molecule has 0 N–H and O–H groups in total. The minimum absolute atomic E-state index is 0.00756. The van der Waals surface area contributed by atoms with E-state index in [1.165, 1.54) is 5.56 Å². The minimum Gasteiger partial charge on any atom is -0.471 e. The van der Waals surface area contributed by atoms with E-state index in [9.17, 15) is 9.59 Å². The number of amides is 2. The van der Waals surface area contributed by atoms with Gasteiger partial charge in [-0.15, -0.1) is 0 Å². The Labute approximate surface area is 164 Å². The van der Waals surface area contributed by atoms with E-state index in [1.54, 1.807) is 23.5 Å². The van der Waals surface area contributed by atoms with E-state index in [1.807, 2.05) is 36.9 Å². The van der Waals surface area contributed by atoms with E-state index in [4.69, 9.17) is 4.74 Å². The van der Waals surface area contributed by atoms with Crippen LogP contribution in [0.5, 0.6) is 5.88 Å². The molecule has 3 heterocycles. The fourth-order valence-electron chi connectivity index (χ4n) is 3.82. The van der Waals surface area contributed by atoms with Crippen molar-refractivity contribution in [2.75, 3.05) is 24.5 Å². The Hall–Kier alpha value is -2.96. The Morgan fingerprint density at radius 1 is 1.18 bits per heavy atom. The van der Waals surface area contributed by atoms with Gasteiger partial charge in [-0.25, -0.2) is 4.98 Å². The molecule has 0 saturated carbocycles. The number of benzene rings is 1. The maximum atomic E-state index is 13.0. The van der Waals surface area contributed by atoms with Crippen LogP contribution in [0.15, 0.2) is 36.8 Å². The van der Waals surface area contributed by atoms with Gasteiger partial charge in [0.25, 0.3) is 0 Å². The molecule has 7 heteroatoms. The van der Waals surface area contributed by atoms with Gasteiger partial charge in [0.1, 0.15) is 6.10 Å². The molecule has 0 bridgehead atoms. The van der Waals surface area contributed by atoms with E-state index in [-0.39, 0.29) is 30.3 Å². The number of anilines is 1. The monoisotopic (exact) mass is 380 g/mol. The molecule has 0 radical (unpaired) electrons. The molecule has 2 aliphatic rings. The van der Waals surface area contributed by atoms with E-state index >= 15 is 0 Å². The van der Waals surface area contributed by atoms with Crippen LogP contribution < -0.4 is 9.64 Å². The molecule has 2 fully saturated rings. The first-order valence-corrected chi connectivity index (χ1v) is 9.60. The lowest BCUT2D eigenvalue weighted by atomic mass is 10.1. The molecule has 1 aromatic heterocycles. The van der Waals surface area contributed by atoms with E-state index in [0.29, 0.717) is 25.5 Å². The number of ether oxygens (including phenoxy) is 1. The zero-order valence-corrected chi connectivity index (χ0v) is 16.2. The first-order chi connectivity index (χ1) is 13.5. The Morgan fingerprint density at radius 3 is 2.79 bits per heavy atom. The molecule has 2 atom stereocenters. The van der Waals surface area contributed by atoms with E-state index in [0.717, 1.165) is 17.7 Å². The molecule has 28 heavy (non-hydrogen) atoms. The van der Waals surface area contributed by atoms with Crippen LogP contribution >= 0.6 is 0 Å². The van der Waals surface area contributed by atoms with Crippen molar-refractivity contribution in [2.45, 2.75) is 32.8 Å². The van der Waals surface area contributed by atoms with Gasteiger partial charge in [0.05, 0.1) is 18.7 Å². The summed E-state index contributed by atoms with van der Waals surface area (Å²) in [5, 5.41) is 0. The number of aromatic nitrogens is 2. The lowest BCUT2D eigenvalue weighted by Crippen LogP contribution is -2.37. The maximum Gasteiger partial charge on any atom is 0.232 e. The zero-order valence-electron chi connectivity index (χ0n) is 16.2. The van der Waals surface area contributed by atoms with Crippen molar-refractivity contribution in [1.29, 1.82) is 0 Å². The van der Waals surface area contributed by atoms with Crippen molar-refractivity contribution < 1.29 is 14.3 Å². The second kappa shape index (κ2) is 7.58. The van der Waals surface area contributed by atoms with Crippen LogP contribution in [0.4, 0.5) is 5.69 Å². The highest BCUT2D eigenvalue weighted by atomic mass is 16.5. The quantitative estimate of drug-likeness (QED) is 0.812. The summed E-state index contributed by atoms with van der Waals surface area (Å²) >= 11 is 0. The summed E-state index contributed by atoms with van der Waals surface area (Å²) in [4.78, 5) is 37.1. The number of likely N-dealkylation sites (tertiary alicyclic amines) is 1. The minimum atomic E-state index is -0.302. The third-order valence-electron chi connectivity index (χ3n) is 5.56. The summed E-state index contributed by atoms with van der Waals surface area (Å²) < 4.78 is 5.81. The summed E-state index contributed by atoms with van der Waals surface area (Å²) in [7, 11) is 0. The molecule has 4 rings (SSSR count). The number of hydrogen-bond acceptors (Lipinski definition) is 5. The Morgan fingerprint density at radius 2 is 2.04 bits per heavy atom. The van der Waals surface area contributed by atoms with Gasteiger partial charge in [-0.2, -0.15) is 0 Å². The van der Waals surface area contributed by atoms with Crippen LogP contribution in [0, 0.1) is 19.8 Å². The Kier molecular flexibility index (Phi) is 4.98. The fraction of sp³-hybridized carbons (Fsp3) is 0.429. The molecule has 2 aromatic rings. The third-order valence-corrected chi connectivity index (χ3v) is 5.56. The number of rotatable bonds is 4. The molecule has 7 nitrogen and oxygen atoms in total. The SMILES string of the molecule is Cc1ccc(N2CC(C(=O)N3CCC(Oc4cnccn4)C3)CC2=O)cc1C. The number of hydrogen-bond donors (Lipinski definition) is 0. The van der Waals surface area contributed by atoms with Crippen LogP contribution in [0.2, 0.25) is 0 Å². The average molecular weight is 380 g/mol. The average Bonchev–Trinajstić information content (AvgIpc) is 3.31. The highest BCUT2D eigenvalue weighted by Gasteiger charge is 2.39. The molecule has 146 valence electrons. The van der Waals surface area contributed by atoms with Gasteiger partial charge in [0.15, 0.2) is 0 Å². The molecule has 1 aromatic carbocycles. The molecular formula is C21H24N4O3. The second-order valence-electron chi connectivity index (χ2n) is 7.53. The predicted octanol–water partition coefficient (Wildman–Crippen LogP) is 2.13. The number of carbonyl (C=O) groups excluding carboxylic acids is 2. The summed E-state index contributed by atoms with van der Waals surface area (Å²) in [6.07, 6.45) is 5.67. The number of carbonyl (C=O) groups is 2. The summed E-state index contributed by atoms with van der Waals surface area (Å²) in [6, 6.07) is 5.98. The highest BCUT2D eigenvalue weighted by molar-refractivity contribution is 6.00. The van der Waals surface area contributed by atoms with Crippen molar-refractivity contribution in [3.05, 3.63) is 47.9 Å². The maximum absolute atomic E-state index is 13.0. The first kappa shape index (κ1) is 18.4. The van der Waals surface area contributed by atoms with Crippen molar-refractivity contribution >= 4 is 17.5 Å². The van der Waals surface area contributed by atoms with E-state index < -0.39 is 0 Å². The molecule has 2 saturated heterocycles. The van der Waals surface area contributed by atoms with Gasteiger partial charge in [0, 0.05) is 44.0 Å². The van der Waals surface area contributed by atoms with Crippen LogP contribution in [0.1, 0.15) is 24.0 Å². The van der Waals surface area contributed by atoms with Gasteiger partial charge < -0.3 is 14.5 Å². The Bertz CT molecular complexity index is 886. The third kappa shape index (κ3) is 3.69. The van der Waals surface area contributed by atoms with Gasteiger partial charge in [-0.3, -0.25) is 14.6 Å². The first-order valence-electron chi connectivity index (χ1n) is 9.60. The van der Waals surface area contributed by atoms with Crippen LogP contribution in [0.3, 0.4) is 0 Å². The second-order valence-corrected chi connectivity index (χ2v) is 7.53. The number of nitrogens with zero attached hydrogens (tertiary/aromatic N) is 4. The lowest BCUT2D eigenvalue weighted by molar-refractivity contribution is -0.135. The van der Waals surface area contributed by atoms with Crippen molar-refractivity contribution in [1.82, 2.24) is 14.9 Å². The molecule has 2 amide bonds. The van der Waals surface area contributed by atoms with Gasteiger partial charge in [-0.05, 0) is 37.1 Å². The largest absolute Gasteiger partial charge is 0.471 e. The molecule has 0 aliphatic carbocycles. The van der Waals surface area contributed by atoms with Crippen molar-refractivity contribution in [3.63, 3.8) is 0 Å². The molecule has 2 unspecified atom stereocenters. The molecular weight excluding hydrogens is 356 g/mol. The topological polar surface area (TPSA) is 75.6 Å². The normalized spacial score (nSPS) is 22.0. The Balaban J connectivity index is 1.38. The fourth-order valence-corrected chi connectivity index (χ4v) is 3.82. The summed E-state index contributed by atoms with van der Waals surface area (Å²) in [5.41, 5.74) is 3.20. The predicted molar refractivity (Wildman–Crippen MR) is 104 cm³/mol. The van der Waals surface area contributed by atoms with Crippen molar-refractivity contribution in [2.24, 2.45) is 5.92 Å². The van der Waals surface area contributed by atoms with Crippen LogP contribution in [0.25, 0.3) is 0 Å². The van der Waals surface area contributed by atoms with Gasteiger partial charge in [-0.1, -0.05) is 6.07 Å². The molecule has 0 spiro atoms. The van der Waals surface area contributed by atoms with Crippen LogP contribution in [-0.4, -0.2) is 52.4 Å². The smallest absolute Gasteiger partial charge is 0.232 e. The van der Waals surface area contributed by atoms with Crippen LogP contribution in [-0.2, 0) is 9.59 Å². The summed E-state index contributed by atoms with van der Waals surface area (Å²) in [5.74, 6) is 0.209. The number of aryl methyl sites for hydroxylation is 2. The van der Waals surface area contributed by atoms with Gasteiger partial charge in [0.2, 0.25) is 17.7 Å².